The minimum absolute atomic E-state index is 0. The predicted molar refractivity (Wildman–Crippen MR) is 140 cm³/mol. The van der Waals surface area contributed by atoms with Crippen LogP contribution in [0.2, 0.25) is 0 Å². The van der Waals surface area contributed by atoms with Crippen LogP contribution in [0.1, 0.15) is 24.1 Å². The molecule has 1 aromatic heterocycles. The van der Waals surface area contributed by atoms with E-state index >= 15 is 0 Å². The van der Waals surface area contributed by atoms with Gasteiger partial charge in [-0.2, -0.15) is 0 Å². The van der Waals surface area contributed by atoms with Gasteiger partial charge in [0.1, 0.15) is 12.4 Å². The number of nitrogens with one attached hydrogen (secondary N) is 2. The lowest BCUT2D eigenvalue weighted by Crippen LogP contribution is -2.38. The van der Waals surface area contributed by atoms with Crippen molar-refractivity contribution in [3.05, 3.63) is 59.9 Å². The molecule has 2 N–H and O–H groups in total. The summed E-state index contributed by atoms with van der Waals surface area (Å²) in [6.45, 7) is 4.79. The van der Waals surface area contributed by atoms with Gasteiger partial charge in [0.05, 0.1) is 0 Å². The van der Waals surface area contributed by atoms with E-state index in [1.54, 1.807) is 7.05 Å². The molecule has 0 amide bonds. The number of likely N-dealkylation sites (N-methyl/N-ethyl adjacent to an activating group) is 1. The Morgan fingerprint density at radius 2 is 2.03 bits per heavy atom. The average Bonchev–Trinajstić information content (AvgIpc) is 2.82. The summed E-state index contributed by atoms with van der Waals surface area (Å²) in [5.41, 5.74) is 2.22. The first-order valence-corrected chi connectivity index (χ1v) is 11.1. The zero-order chi connectivity index (χ0) is 21.7. The van der Waals surface area contributed by atoms with Crippen molar-refractivity contribution < 1.29 is 9.47 Å². The fraction of sp³-hybridized carbons (Fsp3) is 0.500. The lowest BCUT2D eigenvalue weighted by molar-refractivity contribution is 0.0392. The Morgan fingerprint density at radius 3 is 2.78 bits per heavy atom. The fourth-order valence-electron chi connectivity index (χ4n) is 3.62. The van der Waals surface area contributed by atoms with Crippen LogP contribution in [0.3, 0.4) is 0 Å². The van der Waals surface area contributed by atoms with Crippen LogP contribution in [0.15, 0.2) is 53.7 Å². The summed E-state index contributed by atoms with van der Waals surface area (Å²) >= 11 is 0. The zero-order valence-electron chi connectivity index (χ0n) is 19.1. The molecule has 2 aromatic rings. The van der Waals surface area contributed by atoms with Crippen LogP contribution in [0.4, 0.5) is 0 Å². The minimum atomic E-state index is 0. The number of aliphatic imine (C=N–C) groups is 1. The summed E-state index contributed by atoms with van der Waals surface area (Å²) in [6.07, 6.45) is 4.89. The monoisotopic (exact) mass is 553 g/mol. The molecule has 7 nitrogen and oxygen atoms in total. The molecule has 1 aromatic carbocycles. The van der Waals surface area contributed by atoms with Gasteiger partial charge in [0, 0.05) is 64.2 Å². The van der Waals surface area contributed by atoms with Crippen LogP contribution in [0, 0.1) is 0 Å². The average molecular weight is 553 g/mol. The molecule has 3 rings (SSSR count). The number of ether oxygens (including phenoxy) is 2. The van der Waals surface area contributed by atoms with Gasteiger partial charge >= 0.3 is 0 Å². The maximum absolute atomic E-state index is 6.00. The second-order valence-electron chi connectivity index (χ2n) is 7.74. The van der Waals surface area contributed by atoms with Gasteiger partial charge < -0.3 is 20.1 Å². The number of nitrogens with zero attached hydrogens (tertiary/aromatic N) is 3. The fourth-order valence-corrected chi connectivity index (χ4v) is 3.62. The van der Waals surface area contributed by atoms with Crippen LogP contribution < -0.4 is 15.4 Å². The van der Waals surface area contributed by atoms with Gasteiger partial charge in [-0.05, 0) is 49.7 Å². The molecule has 8 heteroatoms. The Bertz CT molecular complexity index is 800. The summed E-state index contributed by atoms with van der Waals surface area (Å²) < 4.78 is 11.4. The molecular formula is C24H36IN5O2. The van der Waals surface area contributed by atoms with Crippen LogP contribution >= 0.6 is 24.0 Å². The molecule has 32 heavy (non-hydrogen) atoms. The minimum Gasteiger partial charge on any atom is -0.492 e. The Labute approximate surface area is 209 Å². The Hall–Kier alpha value is -1.91. The molecule has 0 spiro atoms. The molecular weight excluding hydrogens is 517 g/mol. The predicted octanol–water partition coefficient (Wildman–Crippen LogP) is 3.10. The molecule has 0 unspecified atom stereocenters. The van der Waals surface area contributed by atoms with Crippen LogP contribution in [-0.2, 0) is 17.7 Å². The highest BCUT2D eigenvalue weighted by atomic mass is 127. The normalized spacial score (nSPS) is 14.7. The van der Waals surface area contributed by atoms with Crippen molar-refractivity contribution in [3.63, 3.8) is 0 Å². The number of guanidine groups is 1. The number of aromatic nitrogens is 1. The van der Waals surface area contributed by atoms with E-state index in [1.165, 1.54) is 0 Å². The zero-order valence-corrected chi connectivity index (χ0v) is 21.5. The number of halogens is 1. The Kier molecular flexibility index (Phi) is 12.4. The molecule has 0 saturated carbocycles. The molecule has 0 aliphatic carbocycles. The summed E-state index contributed by atoms with van der Waals surface area (Å²) in [5, 5.41) is 6.69. The van der Waals surface area contributed by atoms with Crippen LogP contribution in [0.5, 0.6) is 5.75 Å². The number of hydrogen-bond acceptors (Lipinski definition) is 5. The van der Waals surface area contributed by atoms with E-state index in [1.807, 2.05) is 36.5 Å². The lowest BCUT2D eigenvalue weighted by Gasteiger charge is -2.31. The second kappa shape index (κ2) is 15.0. The highest BCUT2D eigenvalue weighted by Crippen LogP contribution is 2.15. The van der Waals surface area contributed by atoms with Gasteiger partial charge in [-0.1, -0.05) is 18.2 Å². The number of benzene rings is 1. The maximum atomic E-state index is 6.00. The van der Waals surface area contributed by atoms with E-state index in [4.69, 9.17) is 9.47 Å². The third kappa shape index (κ3) is 9.30. The smallest absolute Gasteiger partial charge is 0.191 e. The van der Waals surface area contributed by atoms with E-state index in [2.05, 4.69) is 44.7 Å². The molecule has 1 aliphatic heterocycles. The van der Waals surface area contributed by atoms with Gasteiger partial charge in [-0.15, -0.1) is 24.0 Å². The topological polar surface area (TPSA) is 71.0 Å². The van der Waals surface area contributed by atoms with Crippen molar-refractivity contribution in [1.82, 2.24) is 20.5 Å². The SMILES string of the molecule is CN=C(NCCc1ccccn1)NCc1cccc(OCCN(C)C2CCOCC2)c1.I. The van der Waals surface area contributed by atoms with E-state index in [0.29, 0.717) is 19.2 Å². The second-order valence-corrected chi connectivity index (χ2v) is 7.74. The van der Waals surface area contributed by atoms with Crippen LogP contribution in [-0.4, -0.2) is 68.9 Å². The van der Waals surface area contributed by atoms with Gasteiger partial charge in [0.15, 0.2) is 5.96 Å². The van der Waals surface area contributed by atoms with E-state index < -0.39 is 0 Å². The maximum Gasteiger partial charge on any atom is 0.191 e. The first-order valence-electron chi connectivity index (χ1n) is 11.1. The number of rotatable bonds is 10. The van der Waals surface area contributed by atoms with Crippen molar-refractivity contribution in [3.8, 4) is 5.75 Å². The molecule has 0 bridgehead atoms. The van der Waals surface area contributed by atoms with E-state index in [0.717, 1.165) is 68.5 Å². The number of pyridine rings is 1. The van der Waals surface area contributed by atoms with Crippen molar-refractivity contribution in [2.75, 3.05) is 47.0 Å². The number of hydrogen-bond donors (Lipinski definition) is 2. The first kappa shape index (κ1) is 26.3. The Morgan fingerprint density at radius 1 is 1.19 bits per heavy atom. The van der Waals surface area contributed by atoms with Crippen molar-refractivity contribution >= 4 is 29.9 Å². The van der Waals surface area contributed by atoms with Gasteiger partial charge in [-0.25, -0.2) is 0 Å². The molecule has 0 atom stereocenters. The summed E-state index contributed by atoms with van der Waals surface area (Å²) in [4.78, 5) is 11.0. The lowest BCUT2D eigenvalue weighted by atomic mass is 10.1. The van der Waals surface area contributed by atoms with Crippen molar-refractivity contribution in [2.24, 2.45) is 4.99 Å². The molecule has 1 fully saturated rings. The van der Waals surface area contributed by atoms with Gasteiger partial charge in [0.25, 0.3) is 0 Å². The summed E-state index contributed by atoms with van der Waals surface area (Å²) in [5.74, 6) is 1.68. The van der Waals surface area contributed by atoms with Gasteiger partial charge in [0.2, 0.25) is 0 Å². The molecule has 176 valence electrons. The Balaban J connectivity index is 0.00000363. The van der Waals surface area contributed by atoms with E-state index in [9.17, 15) is 0 Å². The molecule has 1 saturated heterocycles. The van der Waals surface area contributed by atoms with E-state index in [-0.39, 0.29) is 24.0 Å². The summed E-state index contributed by atoms with van der Waals surface area (Å²) in [6, 6.07) is 14.8. The summed E-state index contributed by atoms with van der Waals surface area (Å²) in [7, 11) is 3.96. The van der Waals surface area contributed by atoms with Crippen molar-refractivity contribution in [1.29, 1.82) is 0 Å². The standard InChI is InChI=1S/C24H35N5O2.HI/c1-25-24(27-13-9-21-7-3-4-12-26-21)28-19-20-6-5-8-23(18-20)31-17-14-29(2)22-10-15-30-16-11-22;/h3-8,12,18,22H,9-11,13-17,19H2,1-2H3,(H2,25,27,28);1H. The first-order chi connectivity index (χ1) is 15.2. The molecule has 2 heterocycles. The largest absolute Gasteiger partial charge is 0.492 e. The molecule has 1 aliphatic rings. The third-order valence-corrected chi connectivity index (χ3v) is 5.51. The van der Waals surface area contributed by atoms with Gasteiger partial charge in [-0.3, -0.25) is 14.9 Å². The highest BCUT2D eigenvalue weighted by Gasteiger charge is 2.17. The van der Waals surface area contributed by atoms with Crippen molar-refractivity contribution in [2.45, 2.75) is 31.8 Å². The quantitative estimate of drug-likeness (QED) is 0.268. The third-order valence-electron chi connectivity index (χ3n) is 5.51. The molecule has 0 radical (unpaired) electrons. The van der Waals surface area contributed by atoms with Crippen LogP contribution in [0.25, 0.3) is 0 Å². The highest BCUT2D eigenvalue weighted by molar-refractivity contribution is 14.0.